The van der Waals surface area contributed by atoms with Gasteiger partial charge in [-0.25, -0.2) is 4.98 Å². The van der Waals surface area contributed by atoms with Crippen molar-refractivity contribution in [2.45, 2.75) is 19.4 Å². The maximum Gasteiger partial charge on any atom is 0.272 e. The van der Waals surface area contributed by atoms with Crippen LogP contribution in [0, 0.1) is 12.8 Å². The fraction of sp³-hybridized carbons (Fsp3) is 0.562. The molecular weight excluding hydrogens is 282 g/mol. The number of amides is 2. The van der Waals surface area contributed by atoms with E-state index in [9.17, 15) is 9.59 Å². The van der Waals surface area contributed by atoms with Gasteiger partial charge in [-0.2, -0.15) is 0 Å². The van der Waals surface area contributed by atoms with Gasteiger partial charge in [0, 0.05) is 31.7 Å². The lowest BCUT2D eigenvalue weighted by molar-refractivity contribution is -0.134. The Bertz CT molecular complexity index is 590. The lowest BCUT2D eigenvalue weighted by Gasteiger charge is -2.40. The predicted molar refractivity (Wildman–Crippen MR) is 80.4 cm³/mol. The topological polar surface area (TPSA) is 62.7 Å². The summed E-state index contributed by atoms with van der Waals surface area (Å²) in [5, 5.41) is 0. The average molecular weight is 303 g/mol. The van der Waals surface area contributed by atoms with E-state index < -0.39 is 0 Å². The van der Waals surface area contributed by atoms with Gasteiger partial charge in [0.2, 0.25) is 5.91 Å². The van der Waals surface area contributed by atoms with E-state index in [0.717, 1.165) is 12.1 Å². The maximum absolute atomic E-state index is 12.6. The minimum atomic E-state index is -0.0619. The first kappa shape index (κ1) is 15.0. The van der Waals surface area contributed by atoms with Crippen LogP contribution in [0.1, 0.15) is 22.6 Å². The molecule has 0 aliphatic carbocycles. The summed E-state index contributed by atoms with van der Waals surface area (Å²) in [4.78, 5) is 32.4. The van der Waals surface area contributed by atoms with Crippen molar-refractivity contribution in [1.29, 1.82) is 0 Å². The van der Waals surface area contributed by atoms with Gasteiger partial charge in [0.05, 0.1) is 12.6 Å². The van der Waals surface area contributed by atoms with Crippen LogP contribution in [0.4, 0.5) is 0 Å². The highest BCUT2D eigenvalue weighted by Crippen LogP contribution is 2.25. The number of nitrogens with zero attached hydrogens (tertiary/aromatic N) is 3. The summed E-state index contributed by atoms with van der Waals surface area (Å²) in [5.41, 5.74) is 1.30. The summed E-state index contributed by atoms with van der Waals surface area (Å²) in [6.07, 6.45) is 0.847. The van der Waals surface area contributed by atoms with Gasteiger partial charge in [-0.05, 0) is 25.5 Å². The van der Waals surface area contributed by atoms with Crippen LogP contribution in [-0.4, -0.2) is 66.0 Å². The van der Waals surface area contributed by atoms with Gasteiger partial charge in [-0.3, -0.25) is 9.59 Å². The number of aryl methyl sites for hydroxylation is 1. The SMILES string of the molecule is Cc1cccc(C(=O)N2CC[C@H]3COCC(=O)N(C)[C@H]3C2)n1. The van der Waals surface area contributed by atoms with Crippen molar-refractivity contribution in [2.75, 3.05) is 33.4 Å². The van der Waals surface area contributed by atoms with E-state index in [-0.39, 0.29) is 24.5 Å². The second-order valence-corrected chi connectivity index (χ2v) is 6.05. The van der Waals surface area contributed by atoms with Gasteiger partial charge < -0.3 is 14.5 Å². The number of carbonyl (C=O) groups is 2. The Balaban J connectivity index is 1.77. The molecule has 0 N–H and O–H groups in total. The first-order valence-electron chi connectivity index (χ1n) is 7.62. The number of rotatable bonds is 1. The molecule has 0 aromatic carbocycles. The lowest BCUT2D eigenvalue weighted by Crippen LogP contribution is -2.54. The summed E-state index contributed by atoms with van der Waals surface area (Å²) in [5.74, 6) is 0.217. The zero-order valence-electron chi connectivity index (χ0n) is 13.0. The Morgan fingerprint density at radius 3 is 3.00 bits per heavy atom. The van der Waals surface area contributed by atoms with E-state index >= 15 is 0 Å². The molecule has 2 atom stereocenters. The van der Waals surface area contributed by atoms with Crippen LogP contribution in [0.25, 0.3) is 0 Å². The number of aromatic nitrogens is 1. The number of likely N-dealkylation sites (N-methyl/N-ethyl adjacent to an activating group) is 1. The molecule has 22 heavy (non-hydrogen) atoms. The van der Waals surface area contributed by atoms with Crippen LogP contribution < -0.4 is 0 Å². The van der Waals surface area contributed by atoms with Crippen LogP contribution in [0.15, 0.2) is 18.2 Å². The molecule has 2 saturated heterocycles. The number of piperidine rings is 1. The molecule has 0 bridgehead atoms. The molecule has 2 aliphatic rings. The molecule has 6 heteroatoms. The smallest absolute Gasteiger partial charge is 0.272 e. The van der Waals surface area contributed by atoms with Gasteiger partial charge in [-0.1, -0.05) is 6.07 Å². The number of hydrogen-bond acceptors (Lipinski definition) is 4. The van der Waals surface area contributed by atoms with Crippen molar-refractivity contribution in [2.24, 2.45) is 5.92 Å². The molecule has 0 radical (unpaired) electrons. The summed E-state index contributed by atoms with van der Waals surface area (Å²) < 4.78 is 5.44. The Morgan fingerprint density at radius 2 is 2.23 bits per heavy atom. The summed E-state index contributed by atoms with van der Waals surface area (Å²) in [7, 11) is 1.80. The van der Waals surface area contributed by atoms with Crippen LogP contribution >= 0.6 is 0 Å². The zero-order valence-corrected chi connectivity index (χ0v) is 13.0. The van der Waals surface area contributed by atoms with E-state index in [1.807, 2.05) is 19.1 Å². The molecule has 1 aromatic heterocycles. The highest BCUT2D eigenvalue weighted by molar-refractivity contribution is 5.92. The number of hydrogen-bond donors (Lipinski definition) is 0. The first-order chi connectivity index (χ1) is 10.6. The third kappa shape index (κ3) is 2.83. The van der Waals surface area contributed by atoms with Crippen molar-refractivity contribution in [3.05, 3.63) is 29.6 Å². The van der Waals surface area contributed by atoms with Crippen molar-refractivity contribution >= 4 is 11.8 Å². The number of likely N-dealkylation sites (tertiary alicyclic amines) is 1. The third-order valence-corrected chi connectivity index (χ3v) is 4.56. The first-order valence-corrected chi connectivity index (χ1v) is 7.62. The van der Waals surface area contributed by atoms with Crippen LogP contribution in [0.3, 0.4) is 0 Å². The normalized spacial score (nSPS) is 25.6. The summed E-state index contributed by atoms with van der Waals surface area (Å²) in [6, 6.07) is 5.49. The van der Waals surface area contributed by atoms with Crippen LogP contribution in [0.2, 0.25) is 0 Å². The minimum absolute atomic E-state index is 0.0181. The Hall–Kier alpha value is -1.95. The molecule has 2 aliphatic heterocycles. The van der Waals surface area contributed by atoms with Crippen molar-refractivity contribution in [3.8, 4) is 0 Å². The average Bonchev–Trinajstić information content (AvgIpc) is 2.66. The summed E-state index contributed by atoms with van der Waals surface area (Å²) in [6.45, 7) is 3.83. The second kappa shape index (κ2) is 6.04. The Morgan fingerprint density at radius 1 is 1.41 bits per heavy atom. The zero-order chi connectivity index (χ0) is 15.7. The molecule has 0 unspecified atom stereocenters. The monoisotopic (exact) mass is 303 g/mol. The number of pyridine rings is 1. The van der Waals surface area contributed by atoms with Crippen molar-refractivity contribution in [3.63, 3.8) is 0 Å². The maximum atomic E-state index is 12.6. The molecule has 3 rings (SSSR count). The van der Waals surface area contributed by atoms with Gasteiger partial charge in [-0.15, -0.1) is 0 Å². The third-order valence-electron chi connectivity index (χ3n) is 4.56. The minimum Gasteiger partial charge on any atom is -0.371 e. The van der Waals surface area contributed by atoms with Gasteiger partial charge >= 0.3 is 0 Å². The lowest BCUT2D eigenvalue weighted by atomic mass is 9.91. The van der Waals surface area contributed by atoms with E-state index in [2.05, 4.69) is 4.98 Å². The fourth-order valence-electron chi connectivity index (χ4n) is 3.21. The molecule has 1 aromatic rings. The van der Waals surface area contributed by atoms with E-state index in [4.69, 9.17) is 4.74 Å². The Kier molecular flexibility index (Phi) is 4.11. The predicted octanol–water partition coefficient (Wildman–Crippen LogP) is 0.709. The molecule has 0 saturated carbocycles. The van der Waals surface area contributed by atoms with Gasteiger partial charge in [0.1, 0.15) is 12.3 Å². The summed E-state index contributed by atoms with van der Waals surface area (Å²) >= 11 is 0. The molecule has 6 nitrogen and oxygen atoms in total. The molecule has 2 amide bonds. The fourth-order valence-corrected chi connectivity index (χ4v) is 3.21. The molecule has 0 spiro atoms. The molecule has 118 valence electrons. The Labute approximate surface area is 130 Å². The van der Waals surface area contributed by atoms with E-state index in [0.29, 0.717) is 31.3 Å². The van der Waals surface area contributed by atoms with Gasteiger partial charge in [0.15, 0.2) is 0 Å². The van der Waals surface area contributed by atoms with Gasteiger partial charge in [0.25, 0.3) is 5.91 Å². The number of carbonyl (C=O) groups excluding carboxylic acids is 2. The van der Waals surface area contributed by atoms with Crippen molar-refractivity contribution in [1.82, 2.24) is 14.8 Å². The standard InChI is InChI=1S/C16H21N3O3/c1-11-4-3-5-13(17-11)16(21)19-7-6-12-9-22-10-15(20)18(2)14(12)8-19/h3-5,12,14H,6-10H2,1-2H3/t12-,14-/m0/s1. The van der Waals surface area contributed by atoms with Crippen LogP contribution in [0.5, 0.6) is 0 Å². The number of ether oxygens (including phenoxy) is 1. The quantitative estimate of drug-likeness (QED) is 0.766. The molecular formula is C16H21N3O3. The highest BCUT2D eigenvalue weighted by atomic mass is 16.5. The second-order valence-electron chi connectivity index (χ2n) is 6.05. The van der Waals surface area contributed by atoms with E-state index in [1.165, 1.54) is 0 Å². The molecule has 3 heterocycles. The number of fused-ring (bicyclic) bond motifs is 1. The largest absolute Gasteiger partial charge is 0.371 e. The van der Waals surface area contributed by atoms with E-state index in [1.54, 1.807) is 22.9 Å². The van der Waals surface area contributed by atoms with Crippen molar-refractivity contribution < 1.29 is 14.3 Å². The molecule has 2 fully saturated rings. The highest BCUT2D eigenvalue weighted by Gasteiger charge is 2.38. The van der Waals surface area contributed by atoms with Crippen LogP contribution in [-0.2, 0) is 9.53 Å².